The Labute approximate surface area is 378 Å². The van der Waals surface area contributed by atoms with Crippen LogP contribution in [-0.2, 0) is 5.41 Å². The van der Waals surface area contributed by atoms with Gasteiger partial charge in [-0.3, -0.25) is 4.98 Å². The summed E-state index contributed by atoms with van der Waals surface area (Å²) in [6.45, 7) is 0. The normalized spacial score (nSPS) is 12.7. The van der Waals surface area contributed by atoms with Gasteiger partial charge in [0.05, 0.1) is 16.8 Å². The van der Waals surface area contributed by atoms with Crippen molar-refractivity contribution in [1.29, 1.82) is 0 Å². The Morgan fingerprint density at radius 2 is 0.708 bits per heavy atom. The molecule has 2 aliphatic carbocycles. The lowest BCUT2D eigenvalue weighted by Crippen LogP contribution is -2.29. The van der Waals surface area contributed by atoms with E-state index in [4.69, 9.17) is 9.97 Å². The van der Waals surface area contributed by atoms with Crippen molar-refractivity contribution in [3.8, 4) is 89.5 Å². The number of hydrogen-bond donors (Lipinski definition) is 0. The van der Waals surface area contributed by atoms with Crippen molar-refractivity contribution in [2.75, 3.05) is 0 Å². The molecule has 11 aromatic rings. The molecule has 0 atom stereocenters. The quantitative estimate of drug-likeness (QED) is 0.173. The van der Waals surface area contributed by atoms with Gasteiger partial charge in [0.25, 0.3) is 0 Å². The van der Waals surface area contributed by atoms with E-state index in [1.54, 1.807) is 0 Å². The molecule has 2 heterocycles. The van der Waals surface area contributed by atoms with Crippen LogP contribution >= 0.6 is 0 Å². The van der Waals surface area contributed by atoms with Gasteiger partial charge in [0.2, 0.25) is 0 Å². The number of aromatic nitrogens is 3. The van der Waals surface area contributed by atoms with Gasteiger partial charge in [-0.05, 0) is 113 Å². The van der Waals surface area contributed by atoms with Gasteiger partial charge in [0.15, 0.2) is 5.82 Å². The van der Waals surface area contributed by atoms with E-state index in [0.29, 0.717) is 5.82 Å². The molecule has 0 N–H and O–H groups in total. The maximum absolute atomic E-state index is 5.46. The molecule has 0 radical (unpaired) electrons. The fraction of sp³-hybridized carbons (Fsp3) is 0.0161. The van der Waals surface area contributed by atoms with Gasteiger partial charge in [-0.1, -0.05) is 200 Å². The molecule has 0 amide bonds. The van der Waals surface area contributed by atoms with E-state index < -0.39 is 5.41 Å². The molecule has 0 aliphatic heterocycles. The Kier molecular flexibility index (Phi) is 8.44. The number of nitrogens with zero attached hydrogens (tertiary/aromatic N) is 3. The maximum atomic E-state index is 5.46. The lowest BCUT2D eigenvalue weighted by Gasteiger charge is -2.35. The molecule has 3 nitrogen and oxygen atoms in total. The molecule has 0 bridgehead atoms. The maximum Gasteiger partial charge on any atom is 0.160 e. The molecular weight excluding hydrogens is 787 g/mol. The van der Waals surface area contributed by atoms with Gasteiger partial charge in [-0.25, -0.2) is 9.97 Å². The number of fused-ring (bicyclic) bond motifs is 13. The zero-order chi connectivity index (χ0) is 42.9. The molecular formula is C62H39N3. The Morgan fingerprint density at radius 1 is 0.277 bits per heavy atom. The Balaban J connectivity index is 1.04. The minimum Gasteiger partial charge on any atom is -0.265 e. The summed E-state index contributed by atoms with van der Waals surface area (Å²) < 4.78 is 0. The molecule has 13 rings (SSSR count). The third-order valence-electron chi connectivity index (χ3n) is 13.7. The summed E-state index contributed by atoms with van der Waals surface area (Å²) in [4.78, 5) is 15.1. The molecule has 302 valence electrons. The van der Waals surface area contributed by atoms with Crippen molar-refractivity contribution in [1.82, 2.24) is 15.0 Å². The van der Waals surface area contributed by atoms with E-state index in [0.717, 1.165) is 39.2 Å². The number of benzene rings is 9. The minimum absolute atomic E-state index is 0.602. The lowest BCUT2D eigenvalue weighted by molar-refractivity contribution is 0.775. The van der Waals surface area contributed by atoms with Crippen molar-refractivity contribution in [3.05, 3.63) is 259 Å². The third kappa shape index (κ3) is 5.79. The van der Waals surface area contributed by atoms with Crippen LogP contribution in [0.15, 0.2) is 237 Å². The van der Waals surface area contributed by atoms with Gasteiger partial charge in [-0.2, -0.15) is 0 Å². The van der Waals surface area contributed by atoms with Crippen LogP contribution in [0.4, 0.5) is 0 Å². The summed E-state index contributed by atoms with van der Waals surface area (Å²) in [6, 6.07) is 81.7. The second-order valence-corrected chi connectivity index (χ2v) is 17.1. The van der Waals surface area contributed by atoms with Gasteiger partial charge >= 0.3 is 0 Å². The fourth-order valence-electron chi connectivity index (χ4n) is 10.7. The number of rotatable bonds is 5. The molecule has 2 aliphatic rings. The highest BCUT2D eigenvalue weighted by molar-refractivity contribution is 5.99. The molecule has 0 fully saturated rings. The van der Waals surface area contributed by atoms with E-state index in [2.05, 4.69) is 217 Å². The topological polar surface area (TPSA) is 38.7 Å². The number of pyridine rings is 1. The second kappa shape index (κ2) is 14.8. The first-order chi connectivity index (χ1) is 32.2. The molecule has 1 spiro atoms. The van der Waals surface area contributed by atoms with Crippen LogP contribution in [0, 0.1) is 0 Å². The smallest absolute Gasteiger partial charge is 0.160 e. The first-order valence-corrected chi connectivity index (χ1v) is 22.2. The summed E-state index contributed by atoms with van der Waals surface area (Å²) in [5, 5.41) is 2.47. The highest BCUT2D eigenvalue weighted by Gasteiger charge is 2.49. The minimum atomic E-state index is -0.602. The van der Waals surface area contributed by atoms with Crippen molar-refractivity contribution < 1.29 is 0 Å². The van der Waals surface area contributed by atoms with Crippen molar-refractivity contribution in [3.63, 3.8) is 0 Å². The third-order valence-corrected chi connectivity index (χ3v) is 13.7. The average Bonchev–Trinajstić information content (AvgIpc) is 3.63. The monoisotopic (exact) mass is 825 g/mol. The molecule has 0 unspecified atom stereocenters. The van der Waals surface area contributed by atoms with Gasteiger partial charge < -0.3 is 0 Å². The molecule has 65 heavy (non-hydrogen) atoms. The lowest BCUT2D eigenvalue weighted by atomic mass is 9.65. The number of hydrogen-bond acceptors (Lipinski definition) is 3. The van der Waals surface area contributed by atoms with Crippen LogP contribution in [0.25, 0.3) is 100 Å². The standard InChI is InChI=1S/C62H39N3/c1-2-14-47-42(12-1)13-11-20-48(47)43-26-30-45(31-27-43)60-39-59(44-28-24-40(25-29-44)41-34-36-63-37-35-41)64-61(65-60)46-32-33-54-50-16-4-3-15-49(50)51-17-5-8-21-55(51)62(58(54)38-46)56-22-9-6-18-52(56)53-19-7-10-23-57(53)62/h1-39H. The van der Waals surface area contributed by atoms with Crippen molar-refractivity contribution in [2.45, 2.75) is 5.41 Å². The Bertz CT molecular complexity index is 3590. The highest BCUT2D eigenvalue weighted by atomic mass is 14.9. The first kappa shape index (κ1) is 37.1. The van der Waals surface area contributed by atoms with E-state index in [1.807, 2.05) is 24.5 Å². The Hall–Kier alpha value is -8.53. The van der Waals surface area contributed by atoms with Crippen molar-refractivity contribution >= 4 is 10.8 Å². The summed E-state index contributed by atoms with van der Waals surface area (Å²) in [6.07, 6.45) is 3.67. The summed E-state index contributed by atoms with van der Waals surface area (Å²) in [7, 11) is 0. The van der Waals surface area contributed by atoms with Crippen LogP contribution in [0.1, 0.15) is 22.3 Å². The van der Waals surface area contributed by atoms with Crippen LogP contribution in [0.5, 0.6) is 0 Å². The van der Waals surface area contributed by atoms with Crippen LogP contribution in [0.2, 0.25) is 0 Å². The van der Waals surface area contributed by atoms with Gasteiger partial charge in [0.1, 0.15) is 0 Å². The summed E-state index contributed by atoms with van der Waals surface area (Å²) >= 11 is 0. The van der Waals surface area contributed by atoms with E-state index in [9.17, 15) is 0 Å². The largest absolute Gasteiger partial charge is 0.265 e. The molecule has 3 heteroatoms. The molecule has 0 saturated heterocycles. The van der Waals surface area contributed by atoms with Gasteiger partial charge in [-0.15, -0.1) is 0 Å². The second-order valence-electron chi connectivity index (χ2n) is 17.1. The predicted molar refractivity (Wildman–Crippen MR) is 266 cm³/mol. The highest BCUT2D eigenvalue weighted by Crippen LogP contribution is 2.61. The van der Waals surface area contributed by atoms with Crippen LogP contribution in [0.3, 0.4) is 0 Å². The molecule has 0 saturated carbocycles. The average molecular weight is 826 g/mol. The Morgan fingerprint density at radius 3 is 1.32 bits per heavy atom. The fourth-order valence-corrected chi connectivity index (χ4v) is 10.7. The van der Waals surface area contributed by atoms with Crippen LogP contribution in [-0.4, -0.2) is 15.0 Å². The summed E-state index contributed by atoms with van der Waals surface area (Å²) in [5.41, 5.74) is 21.3. The van der Waals surface area contributed by atoms with Crippen LogP contribution < -0.4 is 0 Å². The zero-order valence-electron chi connectivity index (χ0n) is 35.4. The first-order valence-electron chi connectivity index (χ1n) is 22.2. The van der Waals surface area contributed by atoms with E-state index in [-0.39, 0.29) is 0 Å². The predicted octanol–water partition coefficient (Wildman–Crippen LogP) is 15.4. The SMILES string of the molecule is c1ccc2c(c1)-c1ccccc1C1(c3cc(-c4nc(-c5ccc(-c6ccncc6)cc5)cc(-c5ccc(-c6cccc7ccccc67)cc5)n4)ccc3-2)c2ccccc2-c2ccccc21. The van der Waals surface area contributed by atoms with E-state index in [1.165, 1.54) is 77.5 Å². The van der Waals surface area contributed by atoms with Crippen molar-refractivity contribution in [2.24, 2.45) is 0 Å². The van der Waals surface area contributed by atoms with E-state index >= 15 is 0 Å². The summed E-state index contributed by atoms with van der Waals surface area (Å²) in [5.74, 6) is 0.678. The zero-order valence-corrected chi connectivity index (χ0v) is 35.4. The molecule has 9 aromatic carbocycles. The van der Waals surface area contributed by atoms with Gasteiger partial charge in [0, 0.05) is 29.1 Å². The molecule has 2 aromatic heterocycles.